The zero-order valence-electron chi connectivity index (χ0n) is 14.0. The Morgan fingerprint density at radius 2 is 2.00 bits per heavy atom. The maximum absolute atomic E-state index is 9.61. The molecule has 0 radical (unpaired) electrons. The van der Waals surface area contributed by atoms with E-state index in [1.54, 1.807) is 6.20 Å². The molecule has 1 N–H and O–H groups in total. The summed E-state index contributed by atoms with van der Waals surface area (Å²) in [6.45, 7) is 8.13. The second-order valence-corrected chi connectivity index (χ2v) is 5.45. The van der Waals surface area contributed by atoms with Gasteiger partial charge in [0.25, 0.3) is 0 Å². The lowest BCUT2D eigenvalue weighted by molar-refractivity contribution is 0.405. The van der Waals surface area contributed by atoms with Crippen LogP contribution in [0.15, 0.2) is 46.9 Å². The minimum atomic E-state index is 0.541. The molecule has 0 fully saturated rings. The van der Waals surface area contributed by atoms with Gasteiger partial charge < -0.3 is 10.2 Å². The normalized spacial score (nSPS) is 15.9. The van der Waals surface area contributed by atoms with E-state index in [9.17, 15) is 5.26 Å². The topological polar surface area (TPSA) is 64.3 Å². The number of allylic oxidation sites excluding steroid dienone is 2. The Kier molecular flexibility index (Phi) is 5.93. The lowest BCUT2D eigenvalue weighted by Gasteiger charge is -2.29. The van der Waals surface area contributed by atoms with Gasteiger partial charge in [0.05, 0.1) is 11.4 Å². The average molecular weight is 309 g/mol. The van der Waals surface area contributed by atoms with Crippen LogP contribution in [0.2, 0.25) is 0 Å². The van der Waals surface area contributed by atoms with E-state index in [2.05, 4.69) is 40.1 Å². The van der Waals surface area contributed by atoms with Gasteiger partial charge in [-0.1, -0.05) is 19.9 Å². The highest BCUT2D eigenvalue weighted by Gasteiger charge is 2.20. The largest absolute Gasteiger partial charge is 0.342 e. The standard InChI is InChI=1S/C18H23N5/c1-4-10-23(11-5-2)18-21-13-14(3)17(22-18)15(12-19)16-8-6-7-9-20-16/h6-9,13H,4-5,10-11H2,1-3H3,(H,21,22). The molecule has 0 saturated carbocycles. The Balaban J connectivity index is 2.38. The van der Waals surface area contributed by atoms with Crippen LogP contribution < -0.4 is 5.32 Å². The number of aromatic nitrogens is 1. The SMILES string of the molecule is CCCN(CCC)C1=NC=C(C)C(=C(C#N)c2ccccn2)N1. The van der Waals surface area contributed by atoms with Gasteiger partial charge in [-0.25, -0.2) is 4.99 Å². The summed E-state index contributed by atoms with van der Waals surface area (Å²) in [5.41, 5.74) is 2.93. The number of nitrogens with one attached hydrogen (secondary N) is 1. The van der Waals surface area contributed by atoms with Gasteiger partial charge >= 0.3 is 0 Å². The number of hydrogen-bond acceptors (Lipinski definition) is 5. The summed E-state index contributed by atoms with van der Waals surface area (Å²) in [5, 5.41) is 13.0. The molecule has 120 valence electrons. The third kappa shape index (κ3) is 3.98. The van der Waals surface area contributed by atoms with Crippen LogP contribution >= 0.6 is 0 Å². The van der Waals surface area contributed by atoms with E-state index < -0.39 is 0 Å². The molecule has 5 nitrogen and oxygen atoms in total. The molecule has 1 aromatic heterocycles. The summed E-state index contributed by atoms with van der Waals surface area (Å²) >= 11 is 0. The minimum absolute atomic E-state index is 0.541. The molecule has 5 heteroatoms. The molecule has 0 amide bonds. The summed E-state index contributed by atoms with van der Waals surface area (Å²) in [4.78, 5) is 11.0. The lowest BCUT2D eigenvalue weighted by Crippen LogP contribution is -2.43. The van der Waals surface area contributed by atoms with Gasteiger partial charge in [0.2, 0.25) is 5.96 Å². The lowest BCUT2D eigenvalue weighted by atomic mass is 10.1. The van der Waals surface area contributed by atoms with Crippen molar-refractivity contribution in [1.82, 2.24) is 15.2 Å². The maximum atomic E-state index is 9.61. The number of hydrogen-bond donors (Lipinski definition) is 1. The zero-order chi connectivity index (χ0) is 16.7. The predicted octanol–water partition coefficient (Wildman–Crippen LogP) is 3.30. The first-order valence-electron chi connectivity index (χ1n) is 8.03. The third-order valence-corrected chi connectivity index (χ3v) is 3.58. The van der Waals surface area contributed by atoms with E-state index >= 15 is 0 Å². The molecule has 0 aliphatic carbocycles. The van der Waals surface area contributed by atoms with Gasteiger partial charge in [-0.05, 0) is 37.5 Å². The van der Waals surface area contributed by atoms with E-state index in [1.807, 2.05) is 31.3 Å². The molecule has 1 aromatic rings. The van der Waals surface area contributed by atoms with Gasteiger partial charge in [0.15, 0.2) is 0 Å². The maximum Gasteiger partial charge on any atom is 0.203 e. The van der Waals surface area contributed by atoms with Crippen LogP contribution in [0, 0.1) is 11.3 Å². The fraction of sp³-hybridized carbons (Fsp3) is 0.389. The summed E-state index contributed by atoms with van der Waals surface area (Å²) in [7, 11) is 0. The van der Waals surface area contributed by atoms with Crippen molar-refractivity contribution in [2.45, 2.75) is 33.6 Å². The highest BCUT2D eigenvalue weighted by molar-refractivity contribution is 5.90. The quantitative estimate of drug-likeness (QED) is 0.848. The summed E-state index contributed by atoms with van der Waals surface area (Å²) in [5.74, 6) is 0.804. The zero-order valence-corrected chi connectivity index (χ0v) is 14.0. The monoisotopic (exact) mass is 309 g/mol. The fourth-order valence-electron chi connectivity index (χ4n) is 2.50. The predicted molar refractivity (Wildman–Crippen MR) is 93.3 cm³/mol. The van der Waals surface area contributed by atoms with Crippen LogP contribution in [0.4, 0.5) is 0 Å². The van der Waals surface area contributed by atoms with E-state index in [4.69, 9.17) is 0 Å². The van der Waals surface area contributed by atoms with E-state index in [0.29, 0.717) is 11.3 Å². The molecule has 0 aromatic carbocycles. The van der Waals surface area contributed by atoms with Crippen LogP contribution in [0.25, 0.3) is 5.57 Å². The molecular formula is C18H23N5. The number of pyridine rings is 1. The number of aliphatic imine (C=N–C) groups is 1. The molecule has 23 heavy (non-hydrogen) atoms. The Morgan fingerprint density at radius 3 is 2.57 bits per heavy atom. The fourth-order valence-corrected chi connectivity index (χ4v) is 2.50. The van der Waals surface area contributed by atoms with Gasteiger partial charge in [0.1, 0.15) is 11.6 Å². The van der Waals surface area contributed by atoms with Gasteiger partial charge in [0, 0.05) is 25.5 Å². The molecule has 0 saturated heterocycles. The second kappa shape index (κ2) is 8.14. The highest BCUT2D eigenvalue weighted by Crippen LogP contribution is 2.22. The highest BCUT2D eigenvalue weighted by atomic mass is 15.3. The van der Waals surface area contributed by atoms with Crippen LogP contribution in [-0.2, 0) is 0 Å². The van der Waals surface area contributed by atoms with Crippen LogP contribution in [-0.4, -0.2) is 28.9 Å². The smallest absolute Gasteiger partial charge is 0.203 e. The number of nitrogens with zero attached hydrogens (tertiary/aromatic N) is 4. The van der Waals surface area contributed by atoms with E-state index in [0.717, 1.165) is 43.2 Å². The number of nitriles is 1. The summed E-state index contributed by atoms with van der Waals surface area (Å²) < 4.78 is 0. The van der Waals surface area contributed by atoms with Gasteiger partial charge in [-0.15, -0.1) is 0 Å². The summed E-state index contributed by atoms with van der Waals surface area (Å²) in [6.07, 6.45) is 5.62. The third-order valence-electron chi connectivity index (χ3n) is 3.58. The molecule has 0 bridgehead atoms. The molecule has 0 unspecified atom stereocenters. The van der Waals surface area contributed by atoms with Crippen LogP contribution in [0.5, 0.6) is 0 Å². The molecule has 0 atom stereocenters. The molecule has 2 rings (SSSR count). The molecular weight excluding hydrogens is 286 g/mol. The molecule has 0 spiro atoms. The van der Waals surface area contributed by atoms with Gasteiger partial charge in [-0.2, -0.15) is 5.26 Å². The first-order chi connectivity index (χ1) is 11.2. The second-order valence-electron chi connectivity index (χ2n) is 5.45. The van der Waals surface area contributed by atoms with Crippen molar-refractivity contribution < 1.29 is 0 Å². The van der Waals surface area contributed by atoms with Crippen molar-refractivity contribution in [3.05, 3.63) is 47.6 Å². The van der Waals surface area contributed by atoms with Gasteiger partial charge in [-0.3, -0.25) is 4.98 Å². The van der Waals surface area contributed by atoms with Crippen molar-refractivity contribution in [2.75, 3.05) is 13.1 Å². The average Bonchev–Trinajstić information content (AvgIpc) is 2.58. The van der Waals surface area contributed by atoms with E-state index in [1.165, 1.54) is 0 Å². The first kappa shape index (κ1) is 16.8. The van der Waals surface area contributed by atoms with Crippen LogP contribution in [0.3, 0.4) is 0 Å². The van der Waals surface area contributed by atoms with Crippen LogP contribution in [0.1, 0.15) is 39.3 Å². The van der Waals surface area contributed by atoms with Crippen molar-refractivity contribution >= 4 is 11.5 Å². The Hall–Kier alpha value is -2.61. The molecule has 1 aliphatic rings. The minimum Gasteiger partial charge on any atom is -0.342 e. The first-order valence-corrected chi connectivity index (χ1v) is 8.03. The number of guanidine groups is 1. The Morgan fingerprint density at radius 1 is 1.26 bits per heavy atom. The van der Waals surface area contributed by atoms with Crippen molar-refractivity contribution in [2.24, 2.45) is 4.99 Å². The van der Waals surface area contributed by atoms with Crippen molar-refractivity contribution in [3.8, 4) is 6.07 Å². The molecule has 2 heterocycles. The van der Waals surface area contributed by atoms with Crippen molar-refractivity contribution in [1.29, 1.82) is 5.26 Å². The van der Waals surface area contributed by atoms with Crippen molar-refractivity contribution in [3.63, 3.8) is 0 Å². The number of rotatable bonds is 5. The molecule has 1 aliphatic heterocycles. The summed E-state index contributed by atoms with van der Waals surface area (Å²) in [6, 6.07) is 7.86. The Bertz CT molecular complexity index is 658. The van der Waals surface area contributed by atoms with E-state index in [-0.39, 0.29) is 0 Å². The Labute approximate surface area is 138 Å².